The third-order valence-electron chi connectivity index (χ3n) is 3.37. The summed E-state index contributed by atoms with van der Waals surface area (Å²) < 4.78 is 0. The molecule has 20 heavy (non-hydrogen) atoms. The van der Waals surface area contributed by atoms with Crippen LogP contribution in [-0.2, 0) is 0 Å². The van der Waals surface area contributed by atoms with Gasteiger partial charge in [-0.15, -0.1) is 0 Å². The van der Waals surface area contributed by atoms with E-state index in [1.165, 1.54) is 18.5 Å². The van der Waals surface area contributed by atoms with E-state index in [1.807, 2.05) is 6.92 Å². The Balaban J connectivity index is 2.35. The van der Waals surface area contributed by atoms with Crippen LogP contribution in [-0.4, -0.2) is 46.6 Å². The third kappa shape index (κ3) is 5.57. The van der Waals surface area contributed by atoms with Gasteiger partial charge in [-0.2, -0.15) is 0 Å². The van der Waals surface area contributed by atoms with Crippen LogP contribution in [0.3, 0.4) is 0 Å². The van der Waals surface area contributed by atoms with Crippen molar-refractivity contribution in [1.29, 1.82) is 0 Å². The van der Waals surface area contributed by atoms with Crippen molar-refractivity contribution in [2.45, 2.75) is 39.7 Å². The molecule has 0 saturated carbocycles. The predicted octanol–water partition coefficient (Wildman–Crippen LogP) is 2.03. The van der Waals surface area contributed by atoms with Crippen LogP contribution in [0, 0.1) is 0 Å². The van der Waals surface area contributed by atoms with Gasteiger partial charge in [-0.25, -0.2) is 0 Å². The highest BCUT2D eigenvalue weighted by atomic mass is 16.3. The zero-order valence-corrected chi connectivity index (χ0v) is 12.6. The second-order valence-corrected chi connectivity index (χ2v) is 4.98. The van der Waals surface area contributed by atoms with E-state index in [0.29, 0.717) is 5.56 Å². The molecule has 0 aromatic carbocycles. The van der Waals surface area contributed by atoms with Crippen LogP contribution in [0.25, 0.3) is 0 Å². The molecule has 0 aliphatic heterocycles. The number of rotatable bonds is 8. The highest BCUT2D eigenvalue weighted by Crippen LogP contribution is 2.09. The van der Waals surface area contributed by atoms with Crippen LogP contribution in [0.5, 0.6) is 5.75 Å². The molecule has 0 saturated heterocycles. The Morgan fingerprint density at radius 1 is 1.40 bits per heavy atom. The average Bonchev–Trinajstić information content (AvgIpc) is 2.43. The molecule has 1 unspecified atom stereocenters. The largest absolute Gasteiger partial charge is 0.506 e. The minimum atomic E-state index is -0.191. The normalized spacial score (nSPS) is 12.4. The SMILES string of the molecule is CCN(CC)CCCC(C)NC(=O)c1cncc(O)c1. The van der Waals surface area contributed by atoms with Gasteiger partial charge in [-0.1, -0.05) is 13.8 Å². The van der Waals surface area contributed by atoms with Crippen LogP contribution < -0.4 is 5.32 Å². The number of aromatic nitrogens is 1. The molecule has 112 valence electrons. The van der Waals surface area contributed by atoms with Crippen molar-refractivity contribution < 1.29 is 9.90 Å². The maximum atomic E-state index is 11.9. The van der Waals surface area contributed by atoms with Gasteiger partial charge in [0, 0.05) is 12.2 Å². The van der Waals surface area contributed by atoms with Gasteiger partial charge in [0.1, 0.15) is 5.75 Å². The van der Waals surface area contributed by atoms with Crippen molar-refractivity contribution in [3.8, 4) is 5.75 Å². The number of pyridine rings is 1. The maximum absolute atomic E-state index is 11.9. The number of aromatic hydroxyl groups is 1. The molecule has 0 spiro atoms. The van der Waals surface area contributed by atoms with Crippen LogP contribution in [0.15, 0.2) is 18.5 Å². The first-order valence-electron chi connectivity index (χ1n) is 7.24. The van der Waals surface area contributed by atoms with Gasteiger partial charge in [0.05, 0.1) is 11.8 Å². The van der Waals surface area contributed by atoms with Crippen molar-refractivity contribution in [3.05, 3.63) is 24.0 Å². The molecular weight excluding hydrogens is 254 g/mol. The summed E-state index contributed by atoms with van der Waals surface area (Å²) >= 11 is 0. The van der Waals surface area contributed by atoms with Crippen molar-refractivity contribution in [1.82, 2.24) is 15.2 Å². The van der Waals surface area contributed by atoms with Gasteiger partial charge in [0.2, 0.25) is 0 Å². The lowest BCUT2D eigenvalue weighted by atomic mass is 10.1. The van der Waals surface area contributed by atoms with Crippen LogP contribution >= 0.6 is 0 Å². The van der Waals surface area contributed by atoms with E-state index in [1.54, 1.807) is 0 Å². The molecule has 1 amide bonds. The fourth-order valence-corrected chi connectivity index (χ4v) is 2.09. The Kier molecular flexibility index (Phi) is 7.01. The van der Waals surface area contributed by atoms with Crippen LogP contribution in [0.1, 0.15) is 44.0 Å². The van der Waals surface area contributed by atoms with Crippen LogP contribution in [0.4, 0.5) is 0 Å². The predicted molar refractivity (Wildman–Crippen MR) is 79.9 cm³/mol. The van der Waals surface area contributed by atoms with E-state index < -0.39 is 0 Å². The summed E-state index contributed by atoms with van der Waals surface area (Å²) in [5.74, 6) is -0.185. The summed E-state index contributed by atoms with van der Waals surface area (Å²) in [6.45, 7) is 9.49. The smallest absolute Gasteiger partial charge is 0.253 e. The van der Waals surface area contributed by atoms with E-state index in [2.05, 4.69) is 29.0 Å². The number of hydrogen-bond donors (Lipinski definition) is 2. The van der Waals surface area contributed by atoms with Crippen molar-refractivity contribution in [2.24, 2.45) is 0 Å². The minimum absolute atomic E-state index is 0.00633. The second-order valence-electron chi connectivity index (χ2n) is 4.98. The standard InChI is InChI=1S/C15H25N3O2/c1-4-18(5-2)8-6-7-12(3)17-15(20)13-9-14(19)11-16-10-13/h9-12,19H,4-8H2,1-3H3,(H,17,20). The fourth-order valence-electron chi connectivity index (χ4n) is 2.09. The average molecular weight is 279 g/mol. The van der Waals surface area contributed by atoms with E-state index in [-0.39, 0.29) is 17.7 Å². The first-order valence-corrected chi connectivity index (χ1v) is 7.24. The van der Waals surface area contributed by atoms with Gasteiger partial charge in [-0.05, 0) is 45.5 Å². The van der Waals surface area contributed by atoms with Crippen molar-refractivity contribution in [2.75, 3.05) is 19.6 Å². The molecule has 2 N–H and O–H groups in total. The molecule has 1 rings (SSSR count). The Labute approximate surface area is 121 Å². The van der Waals surface area contributed by atoms with Crippen LogP contribution in [0.2, 0.25) is 0 Å². The molecule has 1 aromatic rings. The highest BCUT2D eigenvalue weighted by molar-refractivity contribution is 5.94. The van der Waals surface area contributed by atoms with Gasteiger partial charge in [0.15, 0.2) is 0 Å². The lowest BCUT2D eigenvalue weighted by Crippen LogP contribution is -2.33. The second kappa shape index (κ2) is 8.53. The lowest BCUT2D eigenvalue weighted by molar-refractivity contribution is 0.0936. The quantitative estimate of drug-likeness (QED) is 0.764. The van der Waals surface area contributed by atoms with Gasteiger partial charge < -0.3 is 15.3 Å². The molecule has 5 heteroatoms. The molecule has 0 radical (unpaired) electrons. The number of hydrogen-bond acceptors (Lipinski definition) is 4. The number of nitrogens with one attached hydrogen (secondary N) is 1. The molecule has 0 aliphatic carbocycles. The number of carbonyl (C=O) groups is 1. The molecular formula is C15H25N3O2. The summed E-state index contributed by atoms with van der Waals surface area (Å²) in [6.07, 6.45) is 4.76. The summed E-state index contributed by atoms with van der Waals surface area (Å²) in [6, 6.07) is 1.53. The monoisotopic (exact) mass is 279 g/mol. The summed E-state index contributed by atoms with van der Waals surface area (Å²) in [5, 5.41) is 12.2. The maximum Gasteiger partial charge on any atom is 0.253 e. The van der Waals surface area contributed by atoms with E-state index in [4.69, 9.17) is 0 Å². The van der Waals surface area contributed by atoms with Gasteiger partial charge >= 0.3 is 0 Å². The molecule has 1 atom stereocenters. The molecule has 5 nitrogen and oxygen atoms in total. The molecule has 0 bridgehead atoms. The molecule has 0 aliphatic rings. The number of amides is 1. The Morgan fingerprint density at radius 3 is 2.70 bits per heavy atom. The summed E-state index contributed by atoms with van der Waals surface area (Å²) in [4.78, 5) is 18.1. The first-order chi connectivity index (χ1) is 9.56. The molecule has 0 fully saturated rings. The minimum Gasteiger partial charge on any atom is -0.506 e. The topological polar surface area (TPSA) is 65.5 Å². The molecule has 1 aromatic heterocycles. The third-order valence-corrected chi connectivity index (χ3v) is 3.37. The Bertz CT molecular complexity index is 419. The summed E-state index contributed by atoms with van der Waals surface area (Å²) in [7, 11) is 0. The van der Waals surface area contributed by atoms with E-state index in [0.717, 1.165) is 32.5 Å². The lowest BCUT2D eigenvalue weighted by Gasteiger charge is -2.19. The van der Waals surface area contributed by atoms with Crippen molar-refractivity contribution in [3.63, 3.8) is 0 Å². The van der Waals surface area contributed by atoms with Gasteiger partial charge in [-0.3, -0.25) is 9.78 Å². The Hall–Kier alpha value is -1.62. The molecule has 1 heterocycles. The summed E-state index contributed by atoms with van der Waals surface area (Å²) in [5.41, 5.74) is 0.389. The zero-order chi connectivity index (χ0) is 15.0. The highest BCUT2D eigenvalue weighted by Gasteiger charge is 2.11. The Morgan fingerprint density at radius 2 is 2.10 bits per heavy atom. The number of nitrogens with zero attached hydrogens (tertiary/aromatic N) is 2. The number of carbonyl (C=O) groups excluding carboxylic acids is 1. The van der Waals surface area contributed by atoms with Crippen molar-refractivity contribution >= 4 is 5.91 Å². The van der Waals surface area contributed by atoms with E-state index in [9.17, 15) is 9.90 Å². The zero-order valence-electron chi connectivity index (χ0n) is 12.6. The fraction of sp³-hybridized carbons (Fsp3) is 0.600. The first kappa shape index (κ1) is 16.4. The van der Waals surface area contributed by atoms with E-state index >= 15 is 0 Å². The van der Waals surface area contributed by atoms with Gasteiger partial charge in [0.25, 0.3) is 5.91 Å².